The highest BCUT2D eigenvalue weighted by Crippen LogP contribution is 2.41. The number of hydrogen-bond donors (Lipinski definition) is 0. The number of nitrogens with zero attached hydrogens (tertiary/aromatic N) is 3. The van der Waals surface area contributed by atoms with Crippen molar-refractivity contribution < 1.29 is 28.7 Å². The van der Waals surface area contributed by atoms with Gasteiger partial charge in [0.15, 0.2) is 0 Å². The molecule has 1 aliphatic rings. The first-order chi connectivity index (χ1) is 23.2. The molecule has 10 nitrogen and oxygen atoms in total. The van der Waals surface area contributed by atoms with Crippen molar-refractivity contribution in [2.24, 2.45) is 10.9 Å². The van der Waals surface area contributed by atoms with Gasteiger partial charge in [0.1, 0.15) is 5.92 Å². The second kappa shape index (κ2) is 17.8. The quantitative estimate of drug-likeness (QED) is 0.0676. The molecular formula is C38H43N3O7. The molecular weight excluding hydrogens is 610 g/mol. The van der Waals surface area contributed by atoms with Crippen molar-refractivity contribution in [1.82, 2.24) is 4.98 Å². The minimum Gasteiger partial charge on any atom is -0.465 e. The number of allylic oxidation sites excluding steroid dienone is 1. The minimum atomic E-state index is -0.912. The summed E-state index contributed by atoms with van der Waals surface area (Å²) in [6.45, 7) is 8.55. The zero-order valence-corrected chi connectivity index (χ0v) is 28.0. The molecule has 252 valence electrons. The summed E-state index contributed by atoms with van der Waals surface area (Å²) in [5, 5.41) is 11.5. The van der Waals surface area contributed by atoms with Gasteiger partial charge in [-0.1, -0.05) is 48.5 Å². The van der Waals surface area contributed by atoms with Crippen molar-refractivity contribution in [3.8, 4) is 0 Å². The fourth-order valence-electron chi connectivity index (χ4n) is 5.79. The Labute approximate surface area is 281 Å². The van der Waals surface area contributed by atoms with Gasteiger partial charge in [0.25, 0.3) is 5.69 Å². The van der Waals surface area contributed by atoms with Gasteiger partial charge in [0, 0.05) is 48.5 Å². The van der Waals surface area contributed by atoms with Gasteiger partial charge in [-0.2, -0.15) is 0 Å². The highest BCUT2D eigenvalue weighted by Gasteiger charge is 2.42. The van der Waals surface area contributed by atoms with E-state index in [1.54, 1.807) is 33.0 Å². The first-order valence-corrected chi connectivity index (χ1v) is 16.2. The van der Waals surface area contributed by atoms with E-state index in [0.29, 0.717) is 36.6 Å². The van der Waals surface area contributed by atoms with Crippen LogP contribution in [0.5, 0.6) is 0 Å². The zero-order chi connectivity index (χ0) is 34.5. The largest absolute Gasteiger partial charge is 0.465 e. The van der Waals surface area contributed by atoms with E-state index in [1.165, 1.54) is 29.3 Å². The van der Waals surface area contributed by atoms with Gasteiger partial charge in [-0.15, -0.1) is 0 Å². The van der Waals surface area contributed by atoms with Crippen LogP contribution in [0.3, 0.4) is 0 Å². The number of ether oxygens (including phenoxy) is 3. The fourth-order valence-corrected chi connectivity index (χ4v) is 5.79. The van der Waals surface area contributed by atoms with Gasteiger partial charge in [-0.25, -0.2) is 4.79 Å². The number of nitro benzene ring substituents is 1. The van der Waals surface area contributed by atoms with Crippen molar-refractivity contribution in [3.63, 3.8) is 0 Å². The third-order valence-corrected chi connectivity index (χ3v) is 8.05. The van der Waals surface area contributed by atoms with E-state index in [9.17, 15) is 19.7 Å². The Balaban J connectivity index is 1.25. The van der Waals surface area contributed by atoms with Crippen LogP contribution in [0.25, 0.3) is 6.08 Å². The maximum Gasteiger partial charge on any atom is 0.336 e. The standard InChI is InChI=1S/C38H43N3O7/c1-5-47-37(42)34-27(3)40-28(4)35(36(34)32-12-9-13-33(23-32)41(44)45)38(43)48-20-8-6-7-19-46-25-26(2)21-29-14-16-30(17-15-29)22-31-11-10-18-39-24-31/h9-18,21,23-24,34,36H,5-8,19-20,22,25H2,1-4H3. The molecule has 0 fully saturated rings. The van der Waals surface area contributed by atoms with E-state index < -0.39 is 28.7 Å². The van der Waals surface area contributed by atoms with Crippen LogP contribution in [0.15, 0.2) is 94.9 Å². The van der Waals surface area contributed by atoms with Gasteiger partial charge in [-0.3, -0.25) is 24.9 Å². The normalized spacial score (nSPS) is 16.3. The molecule has 1 aliphatic heterocycles. The van der Waals surface area contributed by atoms with Gasteiger partial charge in [-0.05, 0) is 87.3 Å². The monoisotopic (exact) mass is 653 g/mol. The van der Waals surface area contributed by atoms with Gasteiger partial charge in [0.2, 0.25) is 0 Å². The van der Waals surface area contributed by atoms with Gasteiger partial charge < -0.3 is 14.2 Å². The molecule has 2 unspecified atom stereocenters. The maximum absolute atomic E-state index is 13.4. The number of aliphatic imine (C=N–C) groups is 1. The minimum absolute atomic E-state index is 0.139. The van der Waals surface area contributed by atoms with Crippen LogP contribution in [0, 0.1) is 16.0 Å². The predicted molar refractivity (Wildman–Crippen MR) is 185 cm³/mol. The summed E-state index contributed by atoms with van der Waals surface area (Å²) >= 11 is 0. The average Bonchev–Trinajstić information content (AvgIpc) is 3.07. The number of non-ortho nitro benzene ring substituents is 1. The third kappa shape index (κ3) is 10.0. The first-order valence-electron chi connectivity index (χ1n) is 16.2. The molecule has 0 radical (unpaired) electrons. The summed E-state index contributed by atoms with van der Waals surface area (Å²) in [6.07, 6.45) is 8.87. The van der Waals surface area contributed by atoms with Crippen LogP contribution < -0.4 is 0 Å². The number of carbonyl (C=O) groups excluding carboxylic acids is 2. The molecule has 0 saturated carbocycles. The molecule has 2 aromatic carbocycles. The summed E-state index contributed by atoms with van der Waals surface area (Å²) in [5.74, 6) is -2.89. The molecule has 2 heterocycles. The zero-order valence-electron chi connectivity index (χ0n) is 28.0. The smallest absolute Gasteiger partial charge is 0.336 e. The molecule has 48 heavy (non-hydrogen) atoms. The SMILES string of the molecule is CCOC(=O)C1C(C)=NC(C)=C(C(=O)OCCCCCOCC(C)=Cc2ccc(Cc3cccnc3)cc2)C1c1cccc([N+](=O)[O-])c1. The van der Waals surface area contributed by atoms with E-state index in [2.05, 4.69) is 46.4 Å². The van der Waals surface area contributed by atoms with E-state index in [0.717, 1.165) is 30.4 Å². The molecule has 2 atom stereocenters. The Kier molecular flexibility index (Phi) is 13.3. The second-order valence-electron chi connectivity index (χ2n) is 11.8. The lowest BCUT2D eigenvalue weighted by molar-refractivity contribution is -0.384. The second-order valence-corrected chi connectivity index (χ2v) is 11.8. The number of carbonyl (C=O) groups is 2. The van der Waals surface area contributed by atoms with Crippen molar-refractivity contribution in [3.05, 3.63) is 122 Å². The molecule has 3 aromatic rings. The third-order valence-electron chi connectivity index (χ3n) is 8.05. The molecule has 0 saturated heterocycles. The van der Waals surface area contributed by atoms with Gasteiger partial charge >= 0.3 is 11.9 Å². The molecule has 4 rings (SSSR count). The Bertz CT molecular complexity index is 1660. The molecule has 0 amide bonds. The predicted octanol–water partition coefficient (Wildman–Crippen LogP) is 7.43. The van der Waals surface area contributed by atoms with E-state index >= 15 is 0 Å². The van der Waals surface area contributed by atoms with E-state index in [-0.39, 0.29) is 24.5 Å². The summed E-state index contributed by atoms with van der Waals surface area (Å²) in [7, 11) is 0. The molecule has 0 N–H and O–H groups in total. The lowest BCUT2D eigenvalue weighted by Gasteiger charge is -2.31. The van der Waals surface area contributed by atoms with E-state index in [1.807, 2.05) is 19.2 Å². The molecule has 1 aromatic heterocycles. The topological polar surface area (TPSA) is 130 Å². The molecule has 0 bridgehead atoms. The van der Waals surface area contributed by atoms with Gasteiger partial charge in [0.05, 0.1) is 30.3 Å². The number of hydrogen-bond acceptors (Lipinski definition) is 9. The Morgan fingerprint density at radius 2 is 1.73 bits per heavy atom. The molecule has 0 aliphatic carbocycles. The summed E-state index contributed by atoms with van der Waals surface area (Å²) in [5.41, 5.74) is 6.05. The van der Waals surface area contributed by atoms with Crippen molar-refractivity contribution in [1.29, 1.82) is 0 Å². The molecule has 10 heteroatoms. The van der Waals surface area contributed by atoms with Crippen LogP contribution in [0.4, 0.5) is 5.69 Å². The number of aromatic nitrogens is 1. The molecule has 0 spiro atoms. The highest BCUT2D eigenvalue weighted by atomic mass is 16.6. The fraction of sp³-hybridized carbons (Fsp3) is 0.368. The van der Waals surface area contributed by atoms with Crippen molar-refractivity contribution >= 4 is 29.4 Å². The number of rotatable bonds is 16. The first kappa shape index (κ1) is 35.9. The summed E-state index contributed by atoms with van der Waals surface area (Å²) < 4.78 is 16.8. The van der Waals surface area contributed by atoms with Crippen LogP contribution in [0.2, 0.25) is 0 Å². The lowest BCUT2D eigenvalue weighted by Crippen LogP contribution is -2.36. The number of esters is 2. The Morgan fingerprint density at radius 1 is 0.958 bits per heavy atom. The van der Waals surface area contributed by atoms with Crippen LogP contribution in [0.1, 0.15) is 75.1 Å². The number of benzene rings is 2. The summed E-state index contributed by atoms with van der Waals surface area (Å²) in [4.78, 5) is 46.1. The lowest BCUT2D eigenvalue weighted by atomic mass is 9.75. The average molecular weight is 654 g/mol. The van der Waals surface area contributed by atoms with E-state index in [4.69, 9.17) is 14.2 Å². The number of pyridine rings is 1. The summed E-state index contributed by atoms with van der Waals surface area (Å²) in [6, 6.07) is 18.5. The Hall–Kier alpha value is -4.96. The number of unbranched alkanes of at least 4 members (excludes halogenated alkanes) is 2. The highest BCUT2D eigenvalue weighted by molar-refractivity contribution is 6.07. The Morgan fingerprint density at radius 3 is 2.44 bits per heavy atom. The van der Waals surface area contributed by atoms with Crippen LogP contribution >= 0.6 is 0 Å². The van der Waals surface area contributed by atoms with Crippen LogP contribution in [-0.2, 0) is 30.2 Å². The maximum atomic E-state index is 13.4. The van der Waals surface area contributed by atoms with Crippen LogP contribution in [-0.4, -0.2) is 54.0 Å². The number of nitro groups is 1. The van der Waals surface area contributed by atoms with Crippen molar-refractivity contribution in [2.75, 3.05) is 26.4 Å². The van der Waals surface area contributed by atoms with Crippen molar-refractivity contribution in [2.45, 2.75) is 59.3 Å².